The van der Waals surface area contributed by atoms with E-state index in [0.29, 0.717) is 5.03 Å². The first-order valence-corrected chi connectivity index (χ1v) is 2.39. The molecule has 0 atom stereocenters. The third-order valence-corrected chi connectivity index (χ3v) is 1.09. The molecule has 2 heteroatoms. The van der Waals surface area contributed by atoms with Crippen molar-refractivity contribution >= 4 is 17.8 Å². The highest BCUT2D eigenvalue weighted by Crippen LogP contribution is 2.02. The van der Waals surface area contributed by atoms with Crippen LogP contribution in [0.25, 0.3) is 0 Å². The number of hydrogen-bond acceptors (Lipinski definition) is 1. The molecule has 0 aromatic carbocycles. The molecule has 0 rings (SSSR count). The Hall–Kier alpha value is -0.300. The van der Waals surface area contributed by atoms with Gasteiger partial charge < -0.3 is 5.41 Å². The summed E-state index contributed by atoms with van der Waals surface area (Å²) in [4.78, 5) is 0. The fourth-order valence-corrected chi connectivity index (χ4v) is 0.144. The van der Waals surface area contributed by atoms with Crippen LogP contribution in [-0.2, 0) is 0 Å². The molecule has 0 aromatic rings. The maximum atomic E-state index is 6.62. The lowest BCUT2D eigenvalue weighted by molar-refractivity contribution is 1.39. The molecule has 0 spiro atoms. The molecule has 0 unspecified atom stereocenters. The monoisotopic (exact) mass is 117 g/mol. The van der Waals surface area contributed by atoms with E-state index in [9.17, 15) is 0 Å². The first kappa shape index (κ1) is 6.70. The number of halogens is 1. The molecular formula is C5H8ClN. The number of hydrogen-bond donors (Lipinski definition) is 1. The smallest absolute Gasteiger partial charge is 0.0568 e. The van der Waals surface area contributed by atoms with Crippen molar-refractivity contribution in [3.05, 3.63) is 10.6 Å². The molecule has 0 saturated heterocycles. The number of nitrogens with one attached hydrogen (secondary N) is 1. The Morgan fingerprint density at radius 2 is 2.00 bits per heavy atom. The average molecular weight is 118 g/mol. The zero-order valence-electron chi connectivity index (χ0n) is 4.46. The van der Waals surface area contributed by atoms with Crippen LogP contribution in [0, 0.1) is 5.41 Å². The van der Waals surface area contributed by atoms with E-state index < -0.39 is 0 Å². The van der Waals surface area contributed by atoms with Gasteiger partial charge in [0.25, 0.3) is 0 Å². The van der Waals surface area contributed by atoms with E-state index in [2.05, 4.69) is 0 Å². The van der Waals surface area contributed by atoms with Crippen LogP contribution in [0.3, 0.4) is 0 Å². The predicted octanol–water partition coefficient (Wildman–Crippen LogP) is 2.17. The second-order valence-electron chi connectivity index (χ2n) is 1.49. The highest BCUT2D eigenvalue weighted by atomic mass is 35.5. The molecule has 0 aliphatic carbocycles. The predicted molar refractivity (Wildman–Crippen MR) is 33.0 cm³/mol. The molecule has 0 radical (unpaired) electrons. The van der Waals surface area contributed by atoms with Gasteiger partial charge in [-0.05, 0) is 13.8 Å². The highest BCUT2D eigenvalue weighted by molar-refractivity contribution is 6.39. The zero-order valence-corrected chi connectivity index (χ0v) is 5.21. The lowest BCUT2D eigenvalue weighted by Gasteiger charge is -1.86. The molecule has 0 bridgehead atoms. The van der Waals surface area contributed by atoms with E-state index in [1.165, 1.54) is 0 Å². The molecule has 0 aliphatic heterocycles. The van der Waals surface area contributed by atoms with Crippen molar-refractivity contribution in [1.82, 2.24) is 0 Å². The summed E-state index contributed by atoms with van der Waals surface area (Å²) in [5.41, 5.74) is 0.983. The molecule has 0 fully saturated rings. The SMILES string of the molecule is CC(C)=C(Cl)C=N. The van der Waals surface area contributed by atoms with Crippen LogP contribution in [0.15, 0.2) is 10.6 Å². The molecular weight excluding hydrogens is 110 g/mol. The quantitative estimate of drug-likeness (QED) is 0.509. The third-order valence-electron chi connectivity index (χ3n) is 0.604. The summed E-state index contributed by atoms with van der Waals surface area (Å²) < 4.78 is 0. The molecule has 0 aliphatic rings. The Morgan fingerprint density at radius 1 is 1.57 bits per heavy atom. The summed E-state index contributed by atoms with van der Waals surface area (Å²) >= 11 is 5.44. The van der Waals surface area contributed by atoms with E-state index in [1.807, 2.05) is 13.8 Å². The van der Waals surface area contributed by atoms with Gasteiger partial charge in [0.2, 0.25) is 0 Å². The van der Waals surface area contributed by atoms with E-state index >= 15 is 0 Å². The summed E-state index contributed by atoms with van der Waals surface area (Å²) in [5, 5.41) is 7.15. The van der Waals surface area contributed by atoms with Gasteiger partial charge in [-0.3, -0.25) is 0 Å². The van der Waals surface area contributed by atoms with Gasteiger partial charge in [-0.2, -0.15) is 0 Å². The van der Waals surface area contributed by atoms with E-state index in [1.54, 1.807) is 0 Å². The molecule has 7 heavy (non-hydrogen) atoms. The average Bonchev–Trinajstić information content (AvgIpc) is 1.65. The van der Waals surface area contributed by atoms with E-state index in [0.717, 1.165) is 11.8 Å². The van der Waals surface area contributed by atoms with Crippen LogP contribution in [0.2, 0.25) is 0 Å². The minimum Gasteiger partial charge on any atom is -0.307 e. The molecule has 0 amide bonds. The lowest BCUT2D eigenvalue weighted by Crippen LogP contribution is -1.73. The van der Waals surface area contributed by atoms with Crippen LogP contribution in [0.5, 0.6) is 0 Å². The van der Waals surface area contributed by atoms with Gasteiger partial charge in [0, 0.05) is 6.21 Å². The summed E-state index contributed by atoms with van der Waals surface area (Å²) in [7, 11) is 0. The normalized spacial score (nSPS) is 7.86. The van der Waals surface area contributed by atoms with Gasteiger partial charge >= 0.3 is 0 Å². The van der Waals surface area contributed by atoms with Crippen LogP contribution < -0.4 is 0 Å². The van der Waals surface area contributed by atoms with E-state index in [-0.39, 0.29) is 0 Å². The van der Waals surface area contributed by atoms with Crippen molar-refractivity contribution in [2.75, 3.05) is 0 Å². The maximum Gasteiger partial charge on any atom is 0.0568 e. The fraction of sp³-hybridized carbons (Fsp3) is 0.400. The molecule has 0 saturated carbocycles. The van der Waals surface area contributed by atoms with Crippen molar-refractivity contribution in [3.8, 4) is 0 Å². The fourth-order valence-electron chi connectivity index (χ4n) is 0.144. The Balaban J connectivity index is 3.98. The van der Waals surface area contributed by atoms with Gasteiger partial charge in [0.15, 0.2) is 0 Å². The van der Waals surface area contributed by atoms with Gasteiger partial charge in [0.05, 0.1) is 5.03 Å². The van der Waals surface area contributed by atoms with Crippen LogP contribution >= 0.6 is 11.6 Å². The van der Waals surface area contributed by atoms with Gasteiger partial charge in [-0.25, -0.2) is 0 Å². The zero-order chi connectivity index (χ0) is 5.86. The standard InChI is InChI=1S/C5H8ClN/c1-4(2)5(6)3-7/h3,7H,1-2H3. The van der Waals surface area contributed by atoms with Crippen LogP contribution in [0.4, 0.5) is 0 Å². The summed E-state index contributed by atoms with van der Waals surface area (Å²) in [5.74, 6) is 0. The first-order chi connectivity index (χ1) is 3.18. The molecule has 0 aromatic heterocycles. The Labute approximate surface area is 48.5 Å². The molecule has 1 N–H and O–H groups in total. The Kier molecular flexibility index (Phi) is 2.68. The molecule has 40 valence electrons. The highest BCUT2D eigenvalue weighted by Gasteiger charge is 1.83. The summed E-state index contributed by atoms with van der Waals surface area (Å²) in [6.07, 6.45) is 1.14. The molecule has 1 nitrogen and oxygen atoms in total. The summed E-state index contributed by atoms with van der Waals surface area (Å²) in [6, 6.07) is 0. The largest absolute Gasteiger partial charge is 0.307 e. The minimum absolute atomic E-state index is 0.528. The number of rotatable bonds is 1. The second-order valence-corrected chi connectivity index (χ2v) is 1.90. The van der Waals surface area contributed by atoms with Crippen LogP contribution in [0.1, 0.15) is 13.8 Å². The maximum absolute atomic E-state index is 6.62. The second kappa shape index (κ2) is 2.80. The Bertz CT molecular complexity index is 101. The van der Waals surface area contributed by atoms with Gasteiger partial charge in [0.1, 0.15) is 0 Å². The minimum atomic E-state index is 0.528. The van der Waals surface area contributed by atoms with Crippen LogP contribution in [-0.4, -0.2) is 6.21 Å². The van der Waals surface area contributed by atoms with Crippen molar-refractivity contribution in [1.29, 1.82) is 5.41 Å². The summed E-state index contributed by atoms with van der Waals surface area (Å²) in [6.45, 7) is 3.74. The Morgan fingerprint density at radius 3 is 2.00 bits per heavy atom. The van der Waals surface area contributed by atoms with Crippen molar-refractivity contribution < 1.29 is 0 Å². The van der Waals surface area contributed by atoms with Gasteiger partial charge in [-0.1, -0.05) is 17.2 Å². The first-order valence-electron chi connectivity index (χ1n) is 2.02. The topological polar surface area (TPSA) is 23.9 Å². The van der Waals surface area contributed by atoms with Gasteiger partial charge in [-0.15, -0.1) is 0 Å². The van der Waals surface area contributed by atoms with E-state index in [4.69, 9.17) is 17.0 Å². The molecule has 0 heterocycles. The lowest BCUT2D eigenvalue weighted by atomic mass is 10.3. The number of allylic oxidation sites excluding steroid dienone is 2. The van der Waals surface area contributed by atoms with Crippen molar-refractivity contribution in [2.45, 2.75) is 13.8 Å². The van der Waals surface area contributed by atoms with Crippen molar-refractivity contribution in [3.63, 3.8) is 0 Å². The third kappa shape index (κ3) is 2.40. The van der Waals surface area contributed by atoms with Crippen molar-refractivity contribution in [2.24, 2.45) is 0 Å².